The number of hydrogen-bond donors (Lipinski definition) is 1. The Morgan fingerprint density at radius 1 is 0.972 bits per heavy atom. The number of nitrogens with one attached hydrogen (secondary N) is 1. The molecule has 0 saturated heterocycles. The fourth-order valence-electron chi connectivity index (χ4n) is 5.69. The second kappa shape index (κ2) is 9.04. The van der Waals surface area contributed by atoms with Gasteiger partial charge in [0.05, 0.1) is 6.54 Å². The zero-order chi connectivity index (χ0) is 24.7. The van der Waals surface area contributed by atoms with E-state index >= 15 is 0 Å². The molecule has 7 heteroatoms. The van der Waals surface area contributed by atoms with Crippen molar-refractivity contribution in [2.75, 3.05) is 6.79 Å². The maximum atomic E-state index is 14.0. The average Bonchev–Trinajstić information content (AvgIpc) is 3.54. The topological polar surface area (TPSA) is 72.8 Å². The lowest BCUT2D eigenvalue weighted by molar-refractivity contribution is -0.134. The zero-order valence-electron chi connectivity index (χ0n) is 20.5. The molecule has 36 heavy (non-hydrogen) atoms. The first-order valence-corrected chi connectivity index (χ1v) is 12.8. The molecular weight excluding hydrogens is 454 g/mol. The molecule has 1 aliphatic carbocycles. The summed E-state index contributed by atoms with van der Waals surface area (Å²) in [6.45, 7) is 2.77. The molecule has 0 radical (unpaired) electrons. The SMILES string of the molecule is C[C@@]1(C(=O)NC2CCCCC2)Cn2c(ccc2-c2ccccc2)C(=O)N1Cc1ccc2c(c1)OCO2. The number of amides is 2. The van der Waals surface area contributed by atoms with Crippen LogP contribution in [0.4, 0.5) is 0 Å². The van der Waals surface area contributed by atoms with E-state index in [0.717, 1.165) is 42.5 Å². The summed E-state index contributed by atoms with van der Waals surface area (Å²) in [7, 11) is 0. The van der Waals surface area contributed by atoms with Crippen molar-refractivity contribution >= 4 is 11.8 Å². The van der Waals surface area contributed by atoms with Crippen LogP contribution in [0.1, 0.15) is 55.1 Å². The van der Waals surface area contributed by atoms with E-state index in [-0.39, 0.29) is 24.6 Å². The van der Waals surface area contributed by atoms with Gasteiger partial charge in [0.15, 0.2) is 11.5 Å². The number of hydrogen-bond acceptors (Lipinski definition) is 4. The van der Waals surface area contributed by atoms with E-state index in [1.54, 1.807) is 4.90 Å². The number of aromatic nitrogens is 1. The predicted molar refractivity (Wildman–Crippen MR) is 136 cm³/mol. The molecule has 3 aliphatic rings. The second-order valence-electron chi connectivity index (χ2n) is 10.2. The third-order valence-electron chi connectivity index (χ3n) is 7.78. The third-order valence-corrected chi connectivity index (χ3v) is 7.78. The van der Waals surface area contributed by atoms with Crippen molar-refractivity contribution in [3.8, 4) is 22.8 Å². The highest BCUT2D eigenvalue weighted by molar-refractivity contribution is 6.00. The van der Waals surface area contributed by atoms with Gasteiger partial charge in [0.25, 0.3) is 5.91 Å². The molecular formula is C29H31N3O4. The monoisotopic (exact) mass is 485 g/mol. The molecule has 7 nitrogen and oxygen atoms in total. The van der Waals surface area contributed by atoms with E-state index in [4.69, 9.17) is 9.47 Å². The first-order valence-electron chi connectivity index (χ1n) is 12.8. The quantitative estimate of drug-likeness (QED) is 0.566. The Balaban J connectivity index is 1.38. The van der Waals surface area contributed by atoms with Gasteiger partial charge in [-0.15, -0.1) is 0 Å². The molecule has 1 atom stereocenters. The molecule has 1 saturated carbocycles. The van der Waals surface area contributed by atoms with Crippen LogP contribution in [0.5, 0.6) is 11.5 Å². The average molecular weight is 486 g/mol. The van der Waals surface area contributed by atoms with Gasteiger partial charge >= 0.3 is 0 Å². The van der Waals surface area contributed by atoms with Crippen molar-refractivity contribution in [1.82, 2.24) is 14.8 Å². The molecule has 1 aromatic heterocycles. The van der Waals surface area contributed by atoms with Gasteiger partial charge in [-0.1, -0.05) is 55.7 Å². The van der Waals surface area contributed by atoms with Crippen LogP contribution in [0.15, 0.2) is 60.7 Å². The van der Waals surface area contributed by atoms with Crippen LogP contribution in [0.25, 0.3) is 11.3 Å². The number of carbonyl (C=O) groups is 2. The van der Waals surface area contributed by atoms with Gasteiger partial charge in [-0.25, -0.2) is 0 Å². The first-order chi connectivity index (χ1) is 17.5. The van der Waals surface area contributed by atoms with Crippen molar-refractivity contribution in [3.05, 3.63) is 71.9 Å². The van der Waals surface area contributed by atoms with E-state index < -0.39 is 5.54 Å². The standard InChI is InChI=1S/C29H31N3O4/c1-29(28(34)30-22-10-6-3-7-11-22)18-31-23(21-8-4-2-5-9-21)13-14-24(31)27(33)32(29)17-20-12-15-25-26(16-20)36-19-35-25/h2,4-5,8-9,12-16,22H,3,6-7,10-11,17-19H2,1H3,(H,30,34)/t29-/m0/s1. The molecule has 1 fully saturated rings. The van der Waals surface area contributed by atoms with Crippen LogP contribution >= 0.6 is 0 Å². The fourth-order valence-corrected chi connectivity index (χ4v) is 5.69. The van der Waals surface area contributed by atoms with E-state index in [0.29, 0.717) is 30.3 Å². The third kappa shape index (κ3) is 3.92. The molecule has 2 aromatic carbocycles. The van der Waals surface area contributed by atoms with E-state index in [2.05, 4.69) is 5.32 Å². The first kappa shape index (κ1) is 22.7. The van der Waals surface area contributed by atoms with Gasteiger partial charge in [-0.3, -0.25) is 9.59 Å². The minimum Gasteiger partial charge on any atom is -0.454 e. The maximum Gasteiger partial charge on any atom is 0.271 e. The summed E-state index contributed by atoms with van der Waals surface area (Å²) >= 11 is 0. The molecule has 1 N–H and O–H groups in total. The van der Waals surface area contributed by atoms with Crippen molar-refractivity contribution in [1.29, 1.82) is 0 Å². The van der Waals surface area contributed by atoms with Crippen molar-refractivity contribution in [2.45, 2.75) is 63.7 Å². The lowest BCUT2D eigenvalue weighted by Crippen LogP contribution is -2.64. The van der Waals surface area contributed by atoms with Gasteiger partial charge in [0, 0.05) is 18.3 Å². The maximum absolute atomic E-state index is 14.0. The fraction of sp³-hybridized carbons (Fsp3) is 0.379. The Morgan fingerprint density at radius 3 is 2.53 bits per heavy atom. The number of carbonyl (C=O) groups excluding carboxylic acids is 2. The van der Waals surface area contributed by atoms with Crippen LogP contribution in [-0.4, -0.2) is 39.7 Å². The number of rotatable bonds is 5. The van der Waals surface area contributed by atoms with Crippen LogP contribution in [0, 0.1) is 0 Å². The normalized spacial score (nSPS) is 21.4. The number of ether oxygens (including phenoxy) is 2. The highest BCUT2D eigenvalue weighted by Gasteiger charge is 2.48. The zero-order valence-corrected chi connectivity index (χ0v) is 20.5. The minimum atomic E-state index is -1.06. The Morgan fingerprint density at radius 2 is 1.72 bits per heavy atom. The summed E-state index contributed by atoms with van der Waals surface area (Å²) in [4.78, 5) is 29.6. The van der Waals surface area contributed by atoms with Crippen molar-refractivity contribution in [3.63, 3.8) is 0 Å². The van der Waals surface area contributed by atoms with Gasteiger partial charge in [0.2, 0.25) is 12.7 Å². The Bertz CT molecular complexity index is 1300. The van der Waals surface area contributed by atoms with E-state index in [1.165, 1.54) is 6.42 Å². The van der Waals surface area contributed by atoms with Gasteiger partial charge in [0.1, 0.15) is 11.2 Å². The largest absolute Gasteiger partial charge is 0.454 e. The van der Waals surface area contributed by atoms with E-state index in [1.807, 2.05) is 72.2 Å². The Hall–Kier alpha value is -3.74. The molecule has 3 heterocycles. The molecule has 6 rings (SSSR count). The van der Waals surface area contributed by atoms with Crippen LogP contribution in [0.2, 0.25) is 0 Å². The summed E-state index contributed by atoms with van der Waals surface area (Å²) in [5.41, 5.74) is 2.40. The Labute approximate surface area is 211 Å². The second-order valence-corrected chi connectivity index (χ2v) is 10.2. The van der Waals surface area contributed by atoms with Crippen molar-refractivity contribution < 1.29 is 19.1 Å². The summed E-state index contributed by atoms with van der Waals surface area (Å²) in [6, 6.07) is 19.7. The van der Waals surface area contributed by atoms with Crippen LogP contribution in [0.3, 0.4) is 0 Å². The molecule has 2 amide bonds. The summed E-state index contributed by atoms with van der Waals surface area (Å²) in [5, 5.41) is 3.30. The summed E-state index contributed by atoms with van der Waals surface area (Å²) < 4.78 is 13.0. The molecule has 0 spiro atoms. The minimum absolute atomic E-state index is 0.0955. The van der Waals surface area contributed by atoms with Gasteiger partial charge in [-0.2, -0.15) is 0 Å². The lowest BCUT2D eigenvalue weighted by atomic mass is 9.91. The molecule has 3 aromatic rings. The number of fused-ring (bicyclic) bond motifs is 2. The highest BCUT2D eigenvalue weighted by Crippen LogP contribution is 2.37. The number of nitrogens with zero attached hydrogens (tertiary/aromatic N) is 2. The summed E-state index contributed by atoms with van der Waals surface area (Å²) in [5.74, 6) is 1.12. The summed E-state index contributed by atoms with van der Waals surface area (Å²) in [6.07, 6.45) is 5.44. The molecule has 2 aliphatic heterocycles. The van der Waals surface area contributed by atoms with Crippen LogP contribution < -0.4 is 14.8 Å². The van der Waals surface area contributed by atoms with Crippen molar-refractivity contribution in [2.24, 2.45) is 0 Å². The van der Waals surface area contributed by atoms with Gasteiger partial charge < -0.3 is 24.3 Å². The van der Waals surface area contributed by atoms with Gasteiger partial charge in [-0.05, 0) is 55.2 Å². The molecule has 0 bridgehead atoms. The molecule has 0 unspecified atom stereocenters. The van der Waals surface area contributed by atoms with Crippen LogP contribution in [-0.2, 0) is 17.9 Å². The predicted octanol–water partition coefficient (Wildman–Crippen LogP) is 4.75. The van der Waals surface area contributed by atoms with E-state index in [9.17, 15) is 9.59 Å². The Kier molecular flexibility index (Phi) is 5.70. The highest BCUT2D eigenvalue weighted by atomic mass is 16.7. The molecule has 186 valence electrons. The number of benzene rings is 2. The smallest absolute Gasteiger partial charge is 0.271 e. The lowest BCUT2D eigenvalue weighted by Gasteiger charge is -2.45.